The summed E-state index contributed by atoms with van der Waals surface area (Å²) >= 11 is 1.07. The summed E-state index contributed by atoms with van der Waals surface area (Å²) in [7, 11) is 0. The summed E-state index contributed by atoms with van der Waals surface area (Å²) in [6.45, 7) is 3.51. The van der Waals surface area contributed by atoms with Gasteiger partial charge < -0.3 is 19.5 Å². The normalized spacial score (nSPS) is 19.3. The first-order valence-corrected chi connectivity index (χ1v) is 8.93. The van der Waals surface area contributed by atoms with Crippen LogP contribution in [0.3, 0.4) is 0 Å². The highest BCUT2D eigenvalue weighted by Crippen LogP contribution is 2.38. The molecule has 0 saturated heterocycles. The van der Waals surface area contributed by atoms with Gasteiger partial charge in [-0.25, -0.2) is 4.79 Å². The van der Waals surface area contributed by atoms with E-state index in [1.807, 2.05) is 6.07 Å². The molecule has 0 bridgehead atoms. The molecule has 134 valence electrons. The highest BCUT2D eigenvalue weighted by molar-refractivity contribution is 8.13. The number of ether oxygens (including phenoxy) is 2. The van der Waals surface area contributed by atoms with Crippen molar-refractivity contribution in [2.45, 2.75) is 32.9 Å². The van der Waals surface area contributed by atoms with Crippen LogP contribution in [-0.4, -0.2) is 45.6 Å². The van der Waals surface area contributed by atoms with Gasteiger partial charge in [-0.3, -0.25) is 9.59 Å². The van der Waals surface area contributed by atoms with E-state index >= 15 is 0 Å². The number of aliphatic carboxylic acids is 1. The molecule has 0 aromatic heterocycles. The van der Waals surface area contributed by atoms with Gasteiger partial charge in [0.25, 0.3) is 0 Å². The predicted molar refractivity (Wildman–Crippen MR) is 90.5 cm³/mol. The van der Waals surface area contributed by atoms with Crippen LogP contribution in [0.2, 0.25) is 0 Å². The Kier molecular flexibility index (Phi) is 4.89. The first-order chi connectivity index (χ1) is 11.9. The molecule has 0 aliphatic carbocycles. The molecule has 0 radical (unpaired) electrons. The SMILES string of the molecule is CC(=O)SC[C@H](C)C(=O)N1Cc2cc3c(cc2C[C@H]1C(=O)O)OCO3. The van der Waals surface area contributed by atoms with Crippen molar-refractivity contribution in [3.63, 3.8) is 0 Å². The van der Waals surface area contributed by atoms with Gasteiger partial charge in [0, 0.05) is 31.6 Å². The number of amides is 1. The Morgan fingerprint density at radius 1 is 1.28 bits per heavy atom. The molecule has 2 aliphatic rings. The molecule has 0 unspecified atom stereocenters. The Morgan fingerprint density at radius 3 is 2.52 bits per heavy atom. The second-order valence-electron chi connectivity index (χ2n) is 6.20. The zero-order valence-corrected chi connectivity index (χ0v) is 14.8. The molecule has 25 heavy (non-hydrogen) atoms. The number of fused-ring (bicyclic) bond motifs is 2. The van der Waals surface area contributed by atoms with E-state index in [4.69, 9.17) is 9.47 Å². The van der Waals surface area contributed by atoms with E-state index in [9.17, 15) is 19.5 Å². The number of hydrogen-bond acceptors (Lipinski definition) is 6. The van der Waals surface area contributed by atoms with Crippen LogP contribution in [-0.2, 0) is 27.3 Å². The van der Waals surface area contributed by atoms with Crippen molar-refractivity contribution in [3.8, 4) is 11.5 Å². The first-order valence-electron chi connectivity index (χ1n) is 7.95. The lowest BCUT2D eigenvalue weighted by Gasteiger charge is -2.36. The Balaban J connectivity index is 1.84. The average Bonchev–Trinajstić information content (AvgIpc) is 3.02. The third kappa shape index (κ3) is 3.58. The second kappa shape index (κ2) is 6.95. The van der Waals surface area contributed by atoms with E-state index in [1.54, 1.807) is 13.0 Å². The maximum atomic E-state index is 12.8. The van der Waals surface area contributed by atoms with Crippen LogP contribution in [0.25, 0.3) is 0 Å². The molecule has 1 aromatic rings. The number of hydrogen-bond donors (Lipinski definition) is 1. The van der Waals surface area contributed by atoms with Crippen molar-refractivity contribution in [3.05, 3.63) is 23.3 Å². The fraction of sp³-hybridized carbons (Fsp3) is 0.471. The molecule has 2 atom stereocenters. The molecule has 1 aromatic carbocycles. The van der Waals surface area contributed by atoms with Crippen molar-refractivity contribution in [1.29, 1.82) is 0 Å². The minimum atomic E-state index is -1.04. The summed E-state index contributed by atoms with van der Waals surface area (Å²) in [6, 6.07) is 2.68. The number of carbonyl (C=O) groups excluding carboxylic acids is 2. The van der Waals surface area contributed by atoms with Gasteiger partial charge >= 0.3 is 5.97 Å². The zero-order chi connectivity index (χ0) is 18.1. The van der Waals surface area contributed by atoms with Crippen LogP contribution < -0.4 is 9.47 Å². The lowest BCUT2D eigenvalue weighted by molar-refractivity contribution is -0.152. The van der Waals surface area contributed by atoms with Gasteiger partial charge in [0.05, 0.1) is 0 Å². The average molecular weight is 365 g/mol. The molecule has 7 nitrogen and oxygen atoms in total. The molecule has 1 amide bonds. The molecule has 0 fully saturated rings. The Morgan fingerprint density at radius 2 is 1.92 bits per heavy atom. The van der Waals surface area contributed by atoms with E-state index in [-0.39, 0.29) is 30.8 Å². The fourth-order valence-electron chi connectivity index (χ4n) is 3.02. The van der Waals surface area contributed by atoms with Crippen LogP contribution >= 0.6 is 11.8 Å². The number of thioether (sulfide) groups is 1. The molecule has 8 heteroatoms. The van der Waals surface area contributed by atoms with Crippen molar-refractivity contribution in [1.82, 2.24) is 4.90 Å². The number of nitrogens with zero attached hydrogens (tertiary/aromatic N) is 1. The van der Waals surface area contributed by atoms with Gasteiger partial charge in [-0.15, -0.1) is 0 Å². The summed E-state index contributed by atoms with van der Waals surface area (Å²) in [5.74, 6) is -0.182. The Hall–Kier alpha value is -2.22. The summed E-state index contributed by atoms with van der Waals surface area (Å²) in [4.78, 5) is 36.9. The second-order valence-corrected chi connectivity index (χ2v) is 7.40. The molecule has 1 N–H and O–H groups in total. The number of rotatable bonds is 4. The molecular formula is C17H19NO6S. The predicted octanol–water partition coefficient (Wildman–Crippen LogP) is 1.67. The Bertz CT molecular complexity index is 734. The molecule has 0 saturated carbocycles. The third-order valence-corrected chi connectivity index (χ3v) is 5.42. The zero-order valence-electron chi connectivity index (χ0n) is 14.0. The summed E-state index contributed by atoms with van der Waals surface area (Å²) in [5, 5.41) is 9.50. The van der Waals surface area contributed by atoms with Crippen molar-refractivity contribution >= 4 is 28.8 Å². The van der Waals surface area contributed by atoms with Gasteiger partial charge in [-0.1, -0.05) is 18.7 Å². The number of benzene rings is 1. The van der Waals surface area contributed by atoms with E-state index in [0.29, 0.717) is 17.3 Å². The number of carbonyl (C=O) groups is 3. The van der Waals surface area contributed by atoms with Crippen molar-refractivity contribution in [2.75, 3.05) is 12.5 Å². The van der Waals surface area contributed by atoms with Gasteiger partial charge in [0.15, 0.2) is 16.6 Å². The lowest BCUT2D eigenvalue weighted by Crippen LogP contribution is -2.50. The molecular weight excluding hydrogens is 346 g/mol. The molecule has 0 spiro atoms. The largest absolute Gasteiger partial charge is 0.480 e. The van der Waals surface area contributed by atoms with Crippen LogP contribution in [0.4, 0.5) is 0 Å². The van der Waals surface area contributed by atoms with Gasteiger partial charge in [0.2, 0.25) is 12.7 Å². The van der Waals surface area contributed by atoms with Crippen LogP contribution in [0, 0.1) is 5.92 Å². The molecule has 2 aliphatic heterocycles. The molecule has 2 heterocycles. The van der Waals surface area contributed by atoms with Gasteiger partial charge in [-0.2, -0.15) is 0 Å². The minimum Gasteiger partial charge on any atom is -0.480 e. The maximum absolute atomic E-state index is 12.8. The van der Waals surface area contributed by atoms with Crippen LogP contribution in [0.5, 0.6) is 11.5 Å². The lowest BCUT2D eigenvalue weighted by atomic mass is 9.92. The standard InChI is InChI=1S/C17H19NO6S/c1-9(7-25-10(2)19)16(20)18-6-12-5-15-14(23-8-24-15)4-11(12)3-13(18)17(21)22/h4-5,9,13H,3,6-8H2,1-2H3,(H,21,22)/t9-,13-/m0/s1. The van der Waals surface area contributed by atoms with Gasteiger partial charge in [0.1, 0.15) is 6.04 Å². The summed E-state index contributed by atoms with van der Waals surface area (Å²) in [6.07, 6.45) is 0.222. The van der Waals surface area contributed by atoms with Crippen molar-refractivity contribution < 1.29 is 29.0 Å². The summed E-state index contributed by atoms with van der Waals surface area (Å²) in [5.41, 5.74) is 1.72. The maximum Gasteiger partial charge on any atom is 0.326 e. The van der Waals surface area contributed by atoms with Gasteiger partial charge in [-0.05, 0) is 23.3 Å². The third-order valence-electron chi connectivity index (χ3n) is 4.35. The van der Waals surface area contributed by atoms with E-state index < -0.39 is 17.9 Å². The first kappa shape index (κ1) is 17.6. The monoisotopic (exact) mass is 365 g/mol. The highest BCUT2D eigenvalue weighted by atomic mass is 32.2. The fourth-order valence-corrected chi connectivity index (χ4v) is 3.65. The number of carboxylic acids is 1. The van der Waals surface area contributed by atoms with E-state index in [2.05, 4.69) is 0 Å². The smallest absolute Gasteiger partial charge is 0.326 e. The van der Waals surface area contributed by atoms with Crippen LogP contribution in [0.15, 0.2) is 12.1 Å². The van der Waals surface area contributed by atoms with E-state index in [1.165, 1.54) is 11.8 Å². The topological polar surface area (TPSA) is 93.1 Å². The Labute approximate surface area is 149 Å². The number of carboxylic acid groups (broad SMARTS) is 1. The highest BCUT2D eigenvalue weighted by Gasteiger charge is 2.37. The van der Waals surface area contributed by atoms with E-state index in [0.717, 1.165) is 22.9 Å². The minimum absolute atomic E-state index is 0.0638. The van der Waals surface area contributed by atoms with Crippen LogP contribution in [0.1, 0.15) is 25.0 Å². The summed E-state index contributed by atoms with van der Waals surface area (Å²) < 4.78 is 10.7. The van der Waals surface area contributed by atoms with Crippen molar-refractivity contribution in [2.24, 2.45) is 5.92 Å². The quantitative estimate of drug-likeness (QED) is 0.867. The molecule has 3 rings (SSSR count).